The first-order chi connectivity index (χ1) is 9.54. The molecule has 0 saturated carbocycles. The van der Waals surface area contributed by atoms with E-state index in [9.17, 15) is 4.79 Å². The number of piperazine rings is 1. The lowest BCUT2D eigenvalue weighted by atomic mass is 9.98. The lowest BCUT2D eigenvalue weighted by molar-refractivity contribution is 0.0309. The molecule has 0 N–H and O–H groups in total. The quantitative estimate of drug-likeness (QED) is 0.789. The fourth-order valence-electron chi connectivity index (χ4n) is 3.10. The summed E-state index contributed by atoms with van der Waals surface area (Å²) in [6.07, 6.45) is 0.872. The van der Waals surface area contributed by atoms with Gasteiger partial charge in [-0.2, -0.15) is 0 Å². The number of ketones is 1. The van der Waals surface area contributed by atoms with Crippen LogP contribution in [0.2, 0.25) is 0 Å². The van der Waals surface area contributed by atoms with E-state index in [4.69, 9.17) is 0 Å². The number of benzene rings is 1. The molecule has 2 rings (SSSR count). The van der Waals surface area contributed by atoms with Gasteiger partial charge in [0.25, 0.3) is 0 Å². The molecule has 1 aromatic rings. The third kappa shape index (κ3) is 3.10. The predicted octanol–water partition coefficient (Wildman–Crippen LogP) is 2.67. The average Bonchev–Trinajstić information content (AvgIpc) is 2.46. The van der Waals surface area contributed by atoms with Crippen LogP contribution in [0.1, 0.15) is 37.6 Å². The normalized spacial score (nSPS) is 26.4. The molecular formula is C17H26N2O. The van der Waals surface area contributed by atoms with Crippen molar-refractivity contribution in [1.29, 1.82) is 0 Å². The highest BCUT2D eigenvalue weighted by molar-refractivity contribution is 6.00. The van der Waals surface area contributed by atoms with E-state index in [1.807, 2.05) is 30.3 Å². The number of nitrogens with zero attached hydrogens (tertiary/aromatic N) is 2. The third-order valence-electron chi connectivity index (χ3n) is 4.58. The molecule has 1 fully saturated rings. The molecule has 3 heteroatoms. The van der Waals surface area contributed by atoms with Crippen molar-refractivity contribution >= 4 is 5.78 Å². The van der Waals surface area contributed by atoms with Crippen LogP contribution < -0.4 is 0 Å². The molecule has 0 radical (unpaired) electrons. The highest BCUT2D eigenvalue weighted by atomic mass is 16.1. The van der Waals surface area contributed by atoms with Crippen LogP contribution in [0.4, 0.5) is 0 Å². The molecular weight excluding hydrogens is 248 g/mol. The summed E-state index contributed by atoms with van der Waals surface area (Å²) in [5, 5.41) is 0. The second-order valence-electron chi connectivity index (χ2n) is 5.97. The van der Waals surface area contributed by atoms with Crippen molar-refractivity contribution in [1.82, 2.24) is 9.80 Å². The van der Waals surface area contributed by atoms with Crippen LogP contribution in [0.25, 0.3) is 0 Å². The zero-order chi connectivity index (χ0) is 14.7. The summed E-state index contributed by atoms with van der Waals surface area (Å²) in [6.45, 7) is 8.53. The first-order valence-corrected chi connectivity index (χ1v) is 7.59. The zero-order valence-corrected chi connectivity index (χ0v) is 13.0. The van der Waals surface area contributed by atoms with Gasteiger partial charge in [0, 0.05) is 30.7 Å². The van der Waals surface area contributed by atoms with Crippen molar-refractivity contribution in [2.45, 2.75) is 45.3 Å². The number of carbonyl (C=O) groups excluding carboxylic acids is 1. The Hall–Kier alpha value is -1.19. The second-order valence-corrected chi connectivity index (χ2v) is 5.97. The standard InChI is InChI=1S/C17H26N2O/c1-5-16(17(20)15-9-7-6-8-10-15)19-11-13(2)18(4)14(3)12-19/h6-10,13-14,16H,5,11-12H2,1-4H3. The Balaban J connectivity index is 2.14. The number of hydrogen-bond acceptors (Lipinski definition) is 3. The summed E-state index contributed by atoms with van der Waals surface area (Å²) >= 11 is 0. The van der Waals surface area contributed by atoms with Crippen LogP contribution in [0.5, 0.6) is 0 Å². The molecule has 0 aliphatic carbocycles. The van der Waals surface area contributed by atoms with E-state index < -0.39 is 0 Å². The van der Waals surface area contributed by atoms with E-state index in [0.717, 1.165) is 25.1 Å². The van der Waals surface area contributed by atoms with Crippen molar-refractivity contribution in [3.05, 3.63) is 35.9 Å². The van der Waals surface area contributed by atoms with Gasteiger partial charge in [-0.05, 0) is 27.3 Å². The number of likely N-dealkylation sites (N-methyl/N-ethyl adjacent to an activating group) is 1. The summed E-state index contributed by atoms with van der Waals surface area (Å²) in [4.78, 5) is 17.5. The van der Waals surface area contributed by atoms with Crippen LogP contribution in [0, 0.1) is 0 Å². The van der Waals surface area contributed by atoms with Gasteiger partial charge in [-0.25, -0.2) is 0 Å². The SMILES string of the molecule is CCC(C(=O)c1ccccc1)N1CC(C)N(C)C(C)C1. The number of Topliss-reactive ketones (excluding diaryl/α,β-unsaturated/α-hetero) is 1. The Morgan fingerprint density at radius 2 is 1.75 bits per heavy atom. The van der Waals surface area contributed by atoms with E-state index in [0.29, 0.717) is 12.1 Å². The van der Waals surface area contributed by atoms with Crippen molar-refractivity contribution in [3.63, 3.8) is 0 Å². The molecule has 1 aliphatic heterocycles. The highest BCUT2D eigenvalue weighted by Gasteiger charge is 2.33. The lowest BCUT2D eigenvalue weighted by Gasteiger charge is -2.45. The van der Waals surface area contributed by atoms with Gasteiger partial charge in [0.05, 0.1) is 6.04 Å². The maximum Gasteiger partial charge on any atom is 0.179 e. The van der Waals surface area contributed by atoms with E-state index in [1.165, 1.54) is 0 Å². The number of hydrogen-bond donors (Lipinski definition) is 0. The summed E-state index contributed by atoms with van der Waals surface area (Å²) in [5.41, 5.74) is 0.832. The molecule has 1 saturated heterocycles. The fourth-order valence-corrected chi connectivity index (χ4v) is 3.10. The number of carbonyl (C=O) groups is 1. The van der Waals surface area contributed by atoms with Gasteiger partial charge in [-0.1, -0.05) is 37.3 Å². The van der Waals surface area contributed by atoms with E-state index in [1.54, 1.807) is 0 Å². The first kappa shape index (κ1) is 15.2. The zero-order valence-electron chi connectivity index (χ0n) is 13.0. The molecule has 3 unspecified atom stereocenters. The Kier molecular flexibility index (Phi) is 4.95. The minimum atomic E-state index is 0.0102. The molecule has 3 atom stereocenters. The van der Waals surface area contributed by atoms with E-state index >= 15 is 0 Å². The fraction of sp³-hybridized carbons (Fsp3) is 0.588. The van der Waals surface area contributed by atoms with Gasteiger partial charge in [0.1, 0.15) is 0 Å². The molecule has 0 amide bonds. The first-order valence-electron chi connectivity index (χ1n) is 7.59. The van der Waals surface area contributed by atoms with Crippen LogP contribution in [-0.2, 0) is 0 Å². The summed E-state index contributed by atoms with van der Waals surface area (Å²) in [6, 6.07) is 10.7. The van der Waals surface area contributed by atoms with Gasteiger partial charge >= 0.3 is 0 Å². The van der Waals surface area contributed by atoms with Crippen molar-refractivity contribution in [2.75, 3.05) is 20.1 Å². The topological polar surface area (TPSA) is 23.6 Å². The van der Waals surface area contributed by atoms with Crippen LogP contribution in [-0.4, -0.2) is 53.8 Å². The molecule has 0 bridgehead atoms. The molecule has 1 aliphatic rings. The van der Waals surface area contributed by atoms with E-state index in [-0.39, 0.29) is 11.8 Å². The van der Waals surface area contributed by atoms with Gasteiger partial charge in [-0.15, -0.1) is 0 Å². The maximum absolute atomic E-state index is 12.7. The Morgan fingerprint density at radius 1 is 1.20 bits per heavy atom. The monoisotopic (exact) mass is 274 g/mol. The summed E-state index contributed by atoms with van der Waals surface area (Å²) in [7, 11) is 2.17. The van der Waals surface area contributed by atoms with Crippen molar-refractivity contribution in [2.24, 2.45) is 0 Å². The largest absolute Gasteiger partial charge is 0.298 e. The van der Waals surface area contributed by atoms with Gasteiger partial charge < -0.3 is 0 Å². The van der Waals surface area contributed by atoms with Crippen LogP contribution >= 0.6 is 0 Å². The van der Waals surface area contributed by atoms with Crippen LogP contribution in [0.3, 0.4) is 0 Å². The number of rotatable bonds is 4. The lowest BCUT2D eigenvalue weighted by Crippen LogP contribution is -2.58. The van der Waals surface area contributed by atoms with Crippen molar-refractivity contribution < 1.29 is 4.79 Å². The third-order valence-corrected chi connectivity index (χ3v) is 4.58. The van der Waals surface area contributed by atoms with Crippen LogP contribution in [0.15, 0.2) is 30.3 Å². The molecule has 1 aromatic carbocycles. The van der Waals surface area contributed by atoms with Gasteiger partial charge in [0.2, 0.25) is 0 Å². The summed E-state index contributed by atoms with van der Waals surface area (Å²) in [5.74, 6) is 0.261. The highest BCUT2D eigenvalue weighted by Crippen LogP contribution is 2.20. The molecule has 0 aromatic heterocycles. The van der Waals surface area contributed by atoms with Gasteiger partial charge in [0.15, 0.2) is 5.78 Å². The molecule has 20 heavy (non-hydrogen) atoms. The molecule has 1 heterocycles. The summed E-state index contributed by atoms with van der Waals surface area (Å²) < 4.78 is 0. The minimum absolute atomic E-state index is 0.0102. The molecule has 0 spiro atoms. The smallest absolute Gasteiger partial charge is 0.179 e. The maximum atomic E-state index is 12.7. The minimum Gasteiger partial charge on any atom is -0.298 e. The average molecular weight is 274 g/mol. The van der Waals surface area contributed by atoms with E-state index in [2.05, 4.69) is 37.6 Å². The second kappa shape index (κ2) is 6.51. The Bertz CT molecular complexity index is 434. The molecule has 110 valence electrons. The predicted molar refractivity (Wildman–Crippen MR) is 83.1 cm³/mol. The Labute approximate surface area is 122 Å². The molecule has 3 nitrogen and oxygen atoms in total. The van der Waals surface area contributed by atoms with Crippen molar-refractivity contribution in [3.8, 4) is 0 Å². The Morgan fingerprint density at radius 3 is 2.25 bits per heavy atom. The van der Waals surface area contributed by atoms with Gasteiger partial charge in [-0.3, -0.25) is 14.6 Å².